The van der Waals surface area contributed by atoms with Gasteiger partial charge in [0.15, 0.2) is 0 Å². The predicted octanol–water partition coefficient (Wildman–Crippen LogP) is 4.39. The van der Waals surface area contributed by atoms with E-state index >= 15 is 0 Å². The summed E-state index contributed by atoms with van der Waals surface area (Å²) in [5.74, 6) is 0.847. The van der Waals surface area contributed by atoms with E-state index in [1.54, 1.807) is 0 Å². The van der Waals surface area contributed by atoms with E-state index < -0.39 is 0 Å². The van der Waals surface area contributed by atoms with E-state index in [9.17, 15) is 4.79 Å². The van der Waals surface area contributed by atoms with E-state index in [1.807, 2.05) is 0 Å². The normalized spacial score (nSPS) is 22.7. The lowest BCUT2D eigenvalue weighted by Gasteiger charge is -2.32. The van der Waals surface area contributed by atoms with Gasteiger partial charge in [-0.05, 0) is 93.4 Å². The lowest BCUT2D eigenvalue weighted by molar-refractivity contribution is 0.0674. The Morgan fingerprint density at radius 1 is 1.03 bits per heavy atom. The van der Waals surface area contributed by atoms with Crippen LogP contribution in [0, 0.1) is 13.8 Å². The first kappa shape index (κ1) is 20.7. The molecule has 5 rings (SSSR count). The Kier molecular flexibility index (Phi) is 5.85. The number of amides is 1. The van der Waals surface area contributed by atoms with Gasteiger partial charge < -0.3 is 10.2 Å². The first-order valence-corrected chi connectivity index (χ1v) is 12.0. The predicted molar refractivity (Wildman–Crippen MR) is 125 cm³/mol. The molecule has 2 aromatic carbocycles. The zero-order chi connectivity index (χ0) is 21.4. The molecule has 2 fully saturated rings. The number of aryl methyl sites for hydroxylation is 2. The van der Waals surface area contributed by atoms with Gasteiger partial charge in [-0.2, -0.15) is 0 Å². The maximum Gasteiger partial charge on any atom is 0.254 e. The summed E-state index contributed by atoms with van der Waals surface area (Å²) in [6.07, 6.45) is 4.69. The summed E-state index contributed by atoms with van der Waals surface area (Å²) in [6.45, 7) is 10.6. The number of nitrogens with zero attached hydrogens (tertiary/aromatic N) is 2. The van der Waals surface area contributed by atoms with Crippen molar-refractivity contribution in [2.75, 3.05) is 26.2 Å². The number of nitrogens with one attached hydrogen (secondary N) is 1. The van der Waals surface area contributed by atoms with Crippen LogP contribution in [0.3, 0.4) is 0 Å². The first-order valence-electron chi connectivity index (χ1n) is 12.0. The van der Waals surface area contributed by atoms with Crippen molar-refractivity contribution in [1.82, 2.24) is 15.1 Å². The summed E-state index contributed by atoms with van der Waals surface area (Å²) in [5.41, 5.74) is 7.81. The fourth-order valence-corrected chi connectivity index (χ4v) is 5.70. The van der Waals surface area contributed by atoms with Gasteiger partial charge in [-0.25, -0.2) is 0 Å². The molecule has 31 heavy (non-hydrogen) atoms. The second kappa shape index (κ2) is 8.76. The standard InChI is InChI=1S/C27H35N3O/c1-19-5-6-23(20(2)14-19)17-29-12-9-21(10-13-29)22-7-8-26-24(15-22)18-30(27(26)31)25-4-3-11-28-16-25/h5-8,14-15,21,25,28H,3-4,9-13,16-18H2,1-2H3. The molecule has 2 aromatic rings. The van der Waals surface area contributed by atoms with E-state index in [0.29, 0.717) is 12.0 Å². The number of rotatable bonds is 4. The Labute approximate surface area is 186 Å². The second-order valence-corrected chi connectivity index (χ2v) is 9.83. The van der Waals surface area contributed by atoms with E-state index in [4.69, 9.17) is 0 Å². The largest absolute Gasteiger partial charge is 0.330 e. The van der Waals surface area contributed by atoms with Crippen LogP contribution in [0.2, 0.25) is 0 Å². The molecule has 2 saturated heterocycles. The van der Waals surface area contributed by atoms with E-state index in [0.717, 1.165) is 57.7 Å². The van der Waals surface area contributed by atoms with Crippen LogP contribution in [0.15, 0.2) is 36.4 Å². The molecule has 3 heterocycles. The molecule has 0 saturated carbocycles. The van der Waals surface area contributed by atoms with Crippen LogP contribution in [0.4, 0.5) is 0 Å². The molecular weight excluding hydrogens is 382 g/mol. The molecule has 0 spiro atoms. The monoisotopic (exact) mass is 417 g/mol. The van der Waals surface area contributed by atoms with Crippen molar-refractivity contribution in [3.8, 4) is 0 Å². The average molecular weight is 418 g/mol. The van der Waals surface area contributed by atoms with Crippen molar-refractivity contribution in [3.63, 3.8) is 0 Å². The SMILES string of the molecule is Cc1ccc(CN2CCC(c3ccc4c(c3)CN(C3CCCNC3)C4=O)CC2)c(C)c1. The molecule has 1 N–H and O–H groups in total. The molecule has 1 atom stereocenters. The molecule has 3 aliphatic rings. The van der Waals surface area contributed by atoms with E-state index in [1.165, 1.54) is 40.7 Å². The summed E-state index contributed by atoms with van der Waals surface area (Å²) in [5, 5.41) is 3.45. The number of carbonyl (C=O) groups is 1. The fraction of sp³-hybridized carbons (Fsp3) is 0.519. The number of fused-ring (bicyclic) bond motifs is 1. The van der Waals surface area contributed by atoms with Gasteiger partial charge in [0.1, 0.15) is 0 Å². The number of carbonyl (C=O) groups excluding carboxylic acids is 1. The minimum absolute atomic E-state index is 0.235. The van der Waals surface area contributed by atoms with E-state index in [2.05, 4.69) is 65.4 Å². The van der Waals surface area contributed by atoms with Crippen molar-refractivity contribution in [2.24, 2.45) is 0 Å². The van der Waals surface area contributed by atoms with Gasteiger partial charge in [-0.1, -0.05) is 35.9 Å². The van der Waals surface area contributed by atoms with Crippen LogP contribution >= 0.6 is 0 Å². The maximum atomic E-state index is 12.9. The van der Waals surface area contributed by atoms with Gasteiger partial charge in [-0.3, -0.25) is 9.69 Å². The lowest BCUT2D eigenvalue weighted by Crippen LogP contribution is -2.46. The van der Waals surface area contributed by atoms with Crippen LogP contribution in [0.5, 0.6) is 0 Å². The number of piperidine rings is 2. The zero-order valence-corrected chi connectivity index (χ0v) is 19.0. The Morgan fingerprint density at radius 3 is 2.61 bits per heavy atom. The highest BCUT2D eigenvalue weighted by atomic mass is 16.2. The molecule has 164 valence electrons. The number of benzene rings is 2. The van der Waals surface area contributed by atoms with Crippen LogP contribution in [0.1, 0.15) is 69.8 Å². The van der Waals surface area contributed by atoms with Gasteiger partial charge in [0.25, 0.3) is 5.91 Å². The minimum atomic E-state index is 0.235. The third-order valence-corrected chi connectivity index (χ3v) is 7.62. The molecule has 4 heteroatoms. The summed E-state index contributed by atoms with van der Waals surface area (Å²) >= 11 is 0. The maximum absolute atomic E-state index is 12.9. The molecule has 0 aromatic heterocycles. The quantitative estimate of drug-likeness (QED) is 0.801. The van der Waals surface area contributed by atoms with Crippen LogP contribution < -0.4 is 5.32 Å². The average Bonchev–Trinajstić information content (AvgIpc) is 3.13. The van der Waals surface area contributed by atoms with Gasteiger partial charge in [0, 0.05) is 31.2 Å². The third-order valence-electron chi connectivity index (χ3n) is 7.62. The Balaban J connectivity index is 1.21. The molecule has 0 bridgehead atoms. The second-order valence-electron chi connectivity index (χ2n) is 9.83. The van der Waals surface area contributed by atoms with Gasteiger partial charge in [0.2, 0.25) is 0 Å². The van der Waals surface area contributed by atoms with Crippen LogP contribution in [-0.2, 0) is 13.1 Å². The van der Waals surface area contributed by atoms with Crippen molar-refractivity contribution >= 4 is 5.91 Å². The summed E-state index contributed by atoms with van der Waals surface area (Å²) in [4.78, 5) is 17.6. The topological polar surface area (TPSA) is 35.6 Å². The molecule has 0 aliphatic carbocycles. The summed E-state index contributed by atoms with van der Waals surface area (Å²) in [6, 6.07) is 13.8. The molecule has 4 nitrogen and oxygen atoms in total. The molecule has 1 amide bonds. The molecule has 3 aliphatic heterocycles. The minimum Gasteiger partial charge on any atom is -0.330 e. The highest BCUT2D eigenvalue weighted by molar-refractivity contribution is 5.98. The summed E-state index contributed by atoms with van der Waals surface area (Å²) in [7, 11) is 0. The van der Waals surface area contributed by atoms with Gasteiger partial charge in [-0.15, -0.1) is 0 Å². The van der Waals surface area contributed by atoms with Gasteiger partial charge >= 0.3 is 0 Å². The lowest BCUT2D eigenvalue weighted by atomic mass is 9.87. The molecule has 0 radical (unpaired) electrons. The van der Waals surface area contributed by atoms with E-state index in [-0.39, 0.29) is 5.91 Å². The van der Waals surface area contributed by atoms with Crippen molar-refractivity contribution < 1.29 is 4.79 Å². The smallest absolute Gasteiger partial charge is 0.254 e. The fourth-order valence-electron chi connectivity index (χ4n) is 5.70. The van der Waals surface area contributed by atoms with Crippen molar-refractivity contribution in [2.45, 2.75) is 64.6 Å². The highest BCUT2D eigenvalue weighted by Gasteiger charge is 2.34. The third kappa shape index (κ3) is 4.28. The van der Waals surface area contributed by atoms with Crippen LogP contribution in [-0.4, -0.2) is 47.9 Å². The zero-order valence-electron chi connectivity index (χ0n) is 19.0. The Morgan fingerprint density at radius 2 is 1.87 bits per heavy atom. The van der Waals surface area contributed by atoms with Gasteiger partial charge in [0.05, 0.1) is 0 Å². The first-order chi connectivity index (χ1) is 15.1. The summed E-state index contributed by atoms with van der Waals surface area (Å²) < 4.78 is 0. The Bertz CT molecular complexity index is 955. The highest BCUT2D eigenvalue weighted by Crippen LogP contribution is 2.33. The number of hydrogen-bond acceptors (Lipinski definition) is 3. The molecular formula is C27H35N3O. The van der Waals surface area contributed by atoms with Crippen LogP contribution in [0.25, 0.3) is 0 Å². The van der Waals surface area contributed by atoms with Crippen molar-refractivity contribution in [1.29, 1.82) is 0 Å². The Hall–Kier alpha value is -2.17. The number of hydrogen-bond donors (Lipinski definition) is 1. The number of likely N-dealkylation sites (tertiary alicyclic amines) is 1. The van der Waals surface area contributed by atoms with Crippen molar-refractivity contribution in [3.05, 3.63) is 69.8 Å². The molecule has 1 unspecified atom stereocenters.